The molecule has 2 heteroatoms. The third kappa shape index (κ3) is 1.90. The second-order valence-electron chi connectivity index (χ2n) is 3.66. The zero-order valence-corrected chi connectivity index (χ0v) is 8.32. The minimum absolute atomic E-state index is 0.865. The highest BCUT2D eigenvalue weighted by Crippen LogP contribution is 2.34. The van der Waals surface area contributed by atoms with Gasteiger partial charge in [-0.05, 0) is 18.6 Å². The Kier molecular flexibility index (Phi) is 2.83. The van der Waals surface area contributed by atoms with E-state index in [0.717, 1.165) is 5.92 Å². The molecule has 12 heavy (non-hydrogen) atoms. The van der Waals surface area contributed by atoms with Crippen molar-refractivity contribution in [3.8, 4) is 0 Å². The van der Waals surface area contributed by atoms with Gasteiger partial charge in [-0.25, -0.2) is 0 Å². The number of aromatic amines is 1. The second-order valence-corrected chi connectivity index (χ2v) is 4.70. The van der Waals surface area contributed by atoms with Gasteiger partial charge in [-0.15, -0.1) is 0 Å². The van der Waals surface area contributed by atoms with E-state index in [1.165, 1.54) is 46.7 Å². The molecular formula is C10H16NP. The average Bonchev–Trinajstić information content (AvgIpc) is 2.48. The van der Waals surface area contributed by atoms with E-state index in [4.69, 9.17) is 0 Å². The smallest absolute Gasteiger partial charge is 0.0455 e. The van der Waals surface area contributed by atoms with Gasteiger partial charge < -0.3 is 4.98 Å². The highest BCUT2D eigenvalue weighted by molar-refractivity contribution is 7.30. The van der Waals surface area contributed by atoms with Crippen molar-refractivity contribution in [1.29, 1.82) is 0 Å². The first kappa shape index (κ1) is 8.31. The molecule has 0 aliphatic heterocycles. The summed E-state index contributed by atoms with van der Waals surface area (Å²) in [6.07, 6.45) is 10.7. The molecule has 0 spiro atoms. The molecule has 1 saturated carbocycles. The van der Waals surface area contributed by atoms with Crippen LogP contribution in [0.15, 0.2) is 12.0 Å². The predicted molar refractivity (Wildman–Crippen MR) is 53.7 cm³/mol. The molecule has 1 fully saturated rings. The molecule has 1 N–H and O–H groups in total. The molecule has 1 heterocycles. The van der Waals surface area contributed by atoms with E-state index in [1.807, 2.05) is 0 Å². The van der Waals surface area contributed by atoms with E-state index in [1.54, 1.807) is 5.43 Å². The van der Waals surface area contributed by atoms with Crippen molar-refractivity contribution in [2.24, 2.45) is 0 Å². The van der Waals surface area contributed by atoms with Crippen LogP contribution in [0.1, 0.15) is 49.9 Å². The van der Waals surface area contributed by atoms with Gasteiger partial charge in [0.05, 0.1) is 0 Å². The number of rotatable bonds is 1. The van der Waals surface area contributed by atoms with E-state index in [9.17, 15) is 0 Å². The third-order valence-corrected chi connectivity index (χ3v) is 3.83. The number of H-pyrrole nitrogens is 1. The van der Waals surface area contributed by atoms with Gasteiger partial charge in [0.25, 0.3) is 0 Å². The van der Waals surface area contributed by atoms with E-state index in [-0.39, 0.29) is 0 Å². The predicted octanol–water partition coefficient (Wildman–Crippen LogP) is 4.03. The van der Waals surface area contributed by atoms with E-state index < -0.39 is 0 Å². The maximum absolute atomic E-state index is 3.38. The highest BCUT2D eigenvalue weighted by atomic mass is 31.0. The summed E-state index contributed by atoms with van der Waals surface area (Å²) in [5, 5.41) is 0. The lowest BCUT2D eigenvalue weighted by molar-refractivity contribution is 0.589. The molecule has 2 rings (SSSR count). The normalized spacial score (nSPS) is 21.3. The summed E-state index contributed by atoms with van der Waals surface area (Å²) in [5.41, 5.74) is 1.55. The minimum atomic E-state index is 0.865. The van der Waals surface area contributed by atoms with Gasteiger partial charge in [-0.2, -0.15) is 0 Å². The molecule has 1 aromatic heterocycles. The molecule has 0 bridgehead atoms. The lowest BCUT2D eigenvalue weighted by Gasteiger charge is -2.10. The molecular weight excluding hydrogens is 165 g/mol. The molecule has 1 nitrogen and oxygen atoms in total. The summed E-state index contributed by atoms with van der Waals surface area (Å²) in [6, 6.07) is 0. The summed E-state index contributed by atoms with van der Waals surface area (Å²) in [6.45, 7) is 0. The zero-order valence-electron chi connectivity index (χ0n) is 7.42. The van der Waals surface area contributed by atoms with Crippen molar-refractivity contribution < 1.29 is 0 Å². The highest BCUT2D eigenvalue weighted by Gasteiger charge is 2.14. The van der Waals surface area contributed by atoms with Crippen LogP contribution in [0, 0.1) is 0 Å². The van der Waals surface area contributed by atoms with Crippen molar-refractivity contribution >= 4 is 8.19 Å². The van der Waals surface area contributed by atoms with Gasteiger partial charge in [-0.1, -0.05) is 33.9 Å². The van der Waals surface area contributed by atoms with Crippen LogP contribution >= 0.6 is 8.19 Å². The van der Waals surface area contributed by atoms with Crippen molar-refractivity contribution in [1.82, 2.24) is 4.98 Å². The molecule has 0 unspecified atom stereocenters. The fourth-order valence-electron chi connectivity index (χ4n) is 2.05. The second kappa shape index (κ2) is 4.09. The topological polar surface area (TPSA) is 15.8 Å². The quantitative estimate of drug-likeness (QED) is 0.629. The summed E-state index contributed by atoms with van der Waals surface area (Å²) in [5.74, 6) is 3.07. The first-order valence-corrected chi connectivity index (χ1v) is 5.92. The third-order valence-electron chi connectivity index (χ3n) is 2.76. The molecule has 0 amide bonds. The Morgan fingerprint density at radius 2 is 1.92 bits per heavy atom. The van der Waals surface area contributed by atoms with E-state index in [0.29, 0.717) is 0 Å². The van der Waals surface area contributed by atoms with Gasteiger partial charge in [0.2, 0.25) is 0 Å². The first-order valence-electron chi connectivity index (χ1n) is 4.96. The molecule has 1 aliphatic rings. The SMILES string of the molecule is c1cpc(C2CCCCCC2)[nH]1. The minimum Gasteiger partial charge on any atom is -0.361 e. The number of nitrogens with one attached hydrogen (secondary N) is 1. The van der Waals surface area contributed by atoms with Crippen LogP contribution < -0.4 is 0 Å². The van der Waals surface area contributed by atoms with Gasteiger partial charge in [-0.3, -0.25) is 0 Å². The molecule has 1 aromatic rings. The molecule has 1 aliphatic carbocycles. The monoisotopic (exact) mass is 181 g/mol. The van der Waals surface area contributed by atoms with Crippen molar-refractivity contribution in [3.63, 3.8) is 0 Å². The Bertz CT molecular complexity index is 210. The fourth-order valence-corrected chi connectivity index (χ4v) is 2.98. The van der Waals surface area contributed by atoms with Gasteiger partial charge in [0, 0.05) is 17.5 Å². The van der Waals surface area contributed by atoms with Crippen LogP contribution in [-0.4, -0.2) is 4.98 Å². The number of aromatic nitrogens is 1. The van der Waals surface area contributed by atoms with E-state index in [2.05, 4.69) is 17.0 Å². The molecule has 66 valence electrons. The summed E-state index contributed by atoms with van der Waals surface area (Å²) in [7, 11) is 1.42. The Labute approximate surface area is 75.7 Å². The van der Waals surface area contributed by atoms with Crippen molar-refractivity contribution in [2.45, 2.75) is 44.4 Å². The molecule has 0 atom stereocenters. The van der Waals surface area contributed by atoms with Crippen LogP contribution in [0.4, 0.5) is 0 Å². The van der Waals surface area contributed by atoms with Crippen LogP contribution in [0.2, 0.25) is 0 Å². The summed E-state index contributed by atoms with van der Waals surface area (Å²) < 4.78 is 0. The fraction of sp³-hybridized carbons (Fsp3) is 0.700. The Morgan fingerprint density at radius 3 is 2.50 bits per heavy atom. The zero-order chi connectivity index (χ0) is 8.23. The van der Waals surface area contributed by atoms with Gasteiger partial charge >= 0.3 is 0 Å². The lowest BCUT2D eigenvalue weighted by atomic mass is 10.0. The van der Waals surface area contributed by atoms with Crippen LogP contribution in [0.3, 0.4) is 0 Å². The number of hydrogen-bond donors (Lipinski definition) is 1. The molecule has 0 saturated heterocycles. The van der Waals surface area contributed by atoms with Crippen LogP contribution in [0.5, 0.6) is 0 Å². The summed E-state index contributed by atoms with van der Waals surface area (Å²) >= 11 is 0. The maximum Gasteiger partial charge on any atom is 0.0455 e. The number of hydrogen-bond acceptors (Lipinski definition) is 0. The Balaban J connectivity index is 2.02. The maximum atomic E-state index is 3.38. The first-order chi connectivity index (χ1) is 5.97. The van der Waals surface area contributed by atoms with Crippen LogP contribution in [-0.2, 0) is 0 Å². The average molecular weight is 181 g/mol. The van der Waals surface area contributed by atoms with E-state index >= 15 is 0 Å². The van der Waals surface area contributed by atoms with Gasteiger partial charge in [0.15, 0.2) is 0 Å². The molecule has 0 aromatic carbocycles. The standard InChI is InChI=1S/C10H16NP/c1-2-4-6-9(5-3-1)10-11-7-8-12-10/h7-9,11H,1-6H2. The van der Waals surface area contributed by atoms with Gasteiger partial charge in [0.1, 0.15) is 0 Å². The Hall–Kier alpha value is -0.290. The van der Waals surface area contributed by atoms with Crippen molar-refractivity contribution in [2.75, 3.05) is 0 Å². The largest absolute Gasteiger partial charge is 0.361 e. The summed E-state index contributed by atoms with van der Waals surface area (Å²) in [4.78, 5) is 3.38. The van der Waals surface area contributed by atoms with Crippen LogP contribution in [0.25, 0.3) is 0 Å². The lowest BCUT2D eigenvalue weighted by Crippen LogP contribution is -1.94. The molecule has 0 radical (unpaired) electrons. The van der Waals surface area contributed by atoms with Crippen molar-refractivity contribution in [3.05, 3.63) is 17.4 Å². The Morgan fingerprint density at radius 1 is 1.17 bits per heavy atom.